The molecule has 1 nitrogen and oxygen atoms in total. The van der Waals surface area contributed by atoms with E-state index in [-0.39, 0.29) is 11.5 Å². The van der Waals surface area contributed by atoms with Gasteiger partial charge in [0, 0.05) is 4.88 Å². The van der Waals surface area contributed by atoms with Crippen LogP contribution in [0.15, 0.2) is 40.2 Å². The molecule has 108 valence electrons. The minimum atomic E-state index is 0.207. The van der Waals surface area contributed by atoms with Crippen molar-refractivity contribution in [3.05, 3.63) is 56.2 Å². The van der Waals surface area contributed by atoms with Crippen molar-refractivity contribution in [2.24, 2.45) is 0 Å². The lowest BCUT2D eigenvalue weighted by Gasteiger charge is -2.21. The Balaban J connectivity index is 2.30. The maximum absolute atomic E-state index is 3.58. The third-order valence-corrected chi connectivity index (χ3v) is 5.09. The first-order valence-electron chi connectivity index (χ1n) is 7.01. The van der Waals surface area contributed by atoms with E-state index >= 15 is 0 Å². The normalized spacial score (nSPS) is 13.4. The number of benzene rings is 1. The molecule has 0 spiro atoms. The Labute approximate surface area is 134 Å². The summed E-state index contributed by atoms with van der Waals surface area (Å²) in [5.74, 6) is 0. The van der Waals surface area contributed by atoms with Gasteiger partial charge in [-0.3, -0.25) is 0 Å². The van der Waals surface area contributed by atoms with E-state index in [1.54, 1.807) is 11.3 Å². The molecule has 0 amide bonds. The van der Waals surface area contributed by atoms with Crippen molar-refractivity contribution >= 4 is 27.3 Å². The van der Waals surface area contributed by atoms with Crippen molar-refractivity contribution in [3.63, 3.8) is 0 Å². The maximum Gasteiger partial charge on any atom is 0.0702 e. The maximum atomic E-state index is 3.58. The summed E-state index contributed by atoms with van der Waals surface area (Å²) >= 11 is 5.35. The van der Waals surface area contributed by atoms with Gasteiger partial charge in [-0.15, -0.1) is 11.3 Å². The van der Waals surface area contributed by atoms with Crippen molar-refractivity contribution in [1.29, 1.82) is 0 Å². The summed E-state index contributed by atoms with van der Waals surface area (Å²) in [5, 5.41) is 3.58. The summed E-state index contributed by atoms with van der Waals surface area (Å²) in [4.78, 5) is 1.35. The molecule has 0 aliphatic rings. The van der Waals surface area contributed by atoms with Crippen molar-refractivity contribution in [3.8, 4) is 0 Å². The molecular weight excluding hydrogens is 330 g/mol. The third-order valence-electron chi connectivity index (χ3n) is 3.40. The molecule has 0 aliphatic heterocycles. The number of rotatable bonds is 4. The first-order valence-corrected chi connectivity index (χ1v) is 8.62. The van der Waals surface area contributed by atoms with Crippen molar-refractivity contribution < 1.29 is 0 Å². The van der Waals surface area contributed by atoms with Crippen LogP contribution in [0.5, 0.6) is 0 Å². The van der Waals surface area contributed by atoms with Crippen molar-refractivity contribution in [2.45, 2.75) is 39.2 Å². The summed E-state index contributed by atoms with van der Waals surface area (Å²) < 4.78 is 1.18. The zero-order valence-corrected chi connectivity index (χ0v) is 14.9. The van der Waals surface area contributed by atoms with E-state index in [4.69, 9.17) is 0 Å². The van der Waals surface area contributed by atoms with Gasteiger partial charge in [-0.05, 0) is 51.1 Å². The molecule has 0 saturated heterocycles. The zero-order valence-electron chi connectivity index (χ0n) is 12.5. The molecule has 0 bridgehead atoms. The van der Waals surface area contributed by atoms with Crippen LogP contribution in [0.4, 0.5) is 0 Å². The molecule has 2 rings (SSSR count). The van der Waals surface area contributed by atoms with Gasteiger partial charge in [0.2, 0.25) is 0 Å². The van der Waals surface area contributed by atoms with Gasteiger partial charge < -0.3 is 5.32 Å². The standard InChI is InChI=1S/C17H22BrNS/c1-5-19-16(14-10-11-15(18)20-14)12-6-8-13(9-7-12)17(2,3)4/h6-11,16,19H,5H2,1-4H3. The summed E-state index contributed by atoms with van der Waals surface area (Å²) in [6.45, 7) is 9.86. The Morgan fingerprint density at radius 3 is 2.20 bits per heavy atom. The average Bonchev–Trinajstić information content (AvgIpc) is 2.81. The first kappa shape index (κ1) is 15.7. The molecule has 0 aliphatic carbocycles. The lowest BCUT2D eigenvalue weighted by Crippen LogP contribution is -2.21. The third kappa shape index (κ3) is 3.72. The summed E-state index contributed by atoms with van der Waals surface area (Å²) in [5.41, 5.74) is 2.91. The summed E-state index contributed by atoms with van der Waals surface area (Å²) in [6, 6.07) is 13.6. The average molecular weight is 352 g/mol. The lowest BCUT2D eigenvalue weighted by molar-refractivity contribution is 0.588. The smallest absolute Gasteiger partial charge is 0.0702 e. The van der Waals surface area contributed by atoms with Crippen LogP contribution < -0.4 is 5.32 Å². The monoisotopic (exact) mass is 351 g/mol. The van der Waals surface area contributed by atoms with Crippen molar-refractivity contribution in [2.75, 3.05) is 6.54 Å². The Morgan fingerprint density at radius 2 is 1.75 bits per heavy atom. The second-order valence-corrected chi connectivity index (χ2v) is 8.50. The largest absolute Gasteiger partial charge is 0.306 e. The van der Waals surface area contributed by atoms with Gasteiger partial charge >= 0.3 is 0 Å². The van der Waals surface area contributed by atoms with Gasteiger partial charge in [-0.2, -0.15) is 0 Å². The minimum absolute atomic E-state index is 0.207. The topological polar surface area (TPSA) is 12.0 Å². The Kier molecular flexibility index (Phi) is 5.05. The zero-order chi connectivity index (χ0) is 14.8. The van der Waals surface area contributed by atoms with Crippen LogP contribution in [0.25, 0.3) is 0 Å². The number of hydrogen-bond donors (Lipinski definition) is 1. The second kappa shape index (κ2) is 6.42. The van der Waals surface area contributed by atoms with Crippen molar-refractivity contribution in [1.82, 2.24) is 5.32 Å². The number of halogens is 1. The Bertz CT molecular complexity index is 551. The second-order valence-electron chi connectivity index (χ2n) is 6.00. The van der Waals surface area contributed by atoms with Gasteiger partial charge in [-0.25, -0.2) is 0 Å². The summed E-state index contributed by atoms with van der Waals surface area (Å²) in [7, 11) is 0. The van der Waals surface area contributed by atoms with Crippen LogP contribution in [0, 0.1) is 0 Å². The van der Waals surface area contributed by atoms with Crippen LogP contribution in [0.3, 0.4) is 0 Å². The molecule has 1 heterocycles. The van der Waals surface area contributed by atoms with Crippen LogP contribution in [0.1, 0.15) is 49.7 Å². The molecule has 1 atom stereocenters. The van der Waals surface area contributed by atoms with Gasteiger partial charge in [-0.1, -0.05) is 52.0 Å². The predicted octanol–water partition coefficient (Wildman–Crippen LogP) is 5.51. The molecule has 20 heavy (non-hydrogen) atoms. The lowest BCUT2D eigenvalue weighted by atomic mass is 9.86. The van der Waals surface area contributed by atoms with Gasteiger partial charge in [0.05, 0.1) is 9.83 Å². The molecule has 1 aromatic carbocycles. The molecule has 1 N–H and O–H groups in total. The van der Waals surface area contributed by atoms with Crippen LogP contribution in [-0.2, 0) is 5.41 Å². The first-order chi connectivity index (χ1) is 9.41. The number of nitrogens with one attached hydrogen (secondary N) is 1. The molecule has 0 fully saturated rings. The highest BCUT2D eigenvalue weighted by Crippen LogP contribution is 2.32. The summed E-state index contributed by atoms with van der Waals surface area (Å²) in [6.07, 6.45) is 0. The highest BCUT2D eigenvalue weighted by atomic mass is 79.9. The molecule has 1 aromatic heterocycles. The molecule has 2 aromatic rings. The highest BCUT2D eigenvalue weighted by Gasteiger charge is 2.17. The van der Waals surface area contributed by atoms with Gasteiger partial charge in [0.1, 0.15) is 0 Å². The minimum Gasteiger partial charge on any atom is -0.306 e. The van der Waals surface area contributed by atoms with E-state index in [9.17, 15) is 0 Å². The van der Waals surface area contributed by atoms with E-state index < -0.39 is 0 Å². The number of hydrogen-bond acceptors (Lipinski definition) is 2. The molecule has 3 heteroatoms. The Hall–Kier alpha value is -0.640. The fourth-order valence-electron chi connectivity index (χ4n) is 2.25. The van der Waals surface area contributed by atoms with E-state index in [2.05, 4.69) is 85.3 Å². The van der Waals surface area contributed by atoms with Crippen LogP contribution >= 0.6 is 27.3 Å². The quantitative estimate of drug-likeness (QED) is 0.765. The molecule has 0 saturated carbocycles. The van der Waals surface area contributed by atoms with E-state index in [0.29, 0.717) is 0 Å². The number of thiophene rings is 1. The van der Waals surface area contributed by atoms with Crippen LogP contribution in [-0.4, -0.2) is 6.54 Å². The molecular formula is C17H22BrNS. The van der Waals surface area contributed by atoms with E-state index in [1.807, 2.05) is 0 Å². The SMILES string of the molecule is CCNC(c1ccc(C(C)(C)C)cc1)c1ccc(Br)s1. The highest BCUT2D eigenvalue weighted by molar-refractivity contribution is 9.11. The van der Waals surface area contributed by atoms with E-state index in [0.717, 1.165) is 6.54 Å². The predicted molar refractivity (Wildman–Crippen MR) is 92.7 cm³/mol. The van der Waals surface area contributed by atoms with E-state index in [1.165, 1.54) is 19.8 Å². The Morgan fingerprint density at radius 1 is 1.10 bits per heavy atom. The van der Waals surface area contributed by atoms with Gasteiger partial charge in [0.25, 0.3) is 0 Å². The van der Waals surface area contributed by atoms with Gasteiger partial charge in [0.15, 0.2) is 0 Å². The molecule has 1 unspecified atom stereocenters. The fourth-order valence-corrected chi connectivity index (χ4v) is 3.77. The van der Waals surface area contributed by atoms with Crippen LogP contribution in [0.2, 0.25) is 0 Å². The fraction of sp³-hybridized carbons (Fsp3) is 0.412. The molecule has 0 radical (unpaired) electrons.